The summed E-state index contributed by atoms with van der Waals surface area (Å²) in [5, 5.41) is 19.7. The van der Waals surface area contributed by atoms with Gasteiger partial charge >= 0.3 is 0 Å². The van der Waals surface area contributed by atoms with Gasteiger partial charge in [-0.25, -0.2) is 0 Å². The van der Waals surface area contributed by atoms with Crippen LogP contribution in [0.15, 0.2) is 60.7 Å². The lowest BCUT2D eigenvalue weighted by molar-refractivity contribution is 0.222. The highest BCUT2D eigenvalue weighted by Crippen LogP contribution is 2.04. The van der Waals surface area contributed by atoms with Crippen LogP contribution in [0.25, 0.3) is 0 Å². The Morgan fingerprint density at radius 2 is 1.00 bits per heavy atom. The standard InChI is InChI=1S/C18H18O2/c19-17(13-15-7-3-1-4-8-15)11-12-18(20)14-16-9-5-2-6-10-16/h1-10,17-20H,13-14H2/t17-,18-/m1/s1. The molecule has 20 heavy (non-hydrogen) atoms. The number of benzene rings is 2. The average Bonchev–Trinajstić information content (AvgIpc) is 2.47. The molecule has 0 radical (unpaired) electrons. The Morgan fingerprint density at radius 3 is 1.35 bits per heavy atom. The van der Waals surface area contributed by atoms with E-state index in [9.17, 15) is 10.2 Å². The normalized spacial score (nSPS) is 13.1. The zero-order valence-corrected chi connectivity index (χ0v) is 11.2. The van der Waals surface area contributed by atoms with E-state index in [-0.39, 0.29) is 0 Å². The fraction of sp³-hybridized carbons (Fsp3) is 0.222. The third-order valence-corrected chi connectivity index (χ3v) is 2.96. The SMILES string of the molecule is O[C@H](C#C[C@@H](O)Cc1ccccc1)Cc1ccccc1. The Hall–Kier alpha value is -2.08. The molecule has 2 heteroatoms. The van der Waals surface area contributed by atoms with Gasteiger partial charge in [0.15, 0.2) is 0 Å². The first kappa shape index (κ1) is 14.3. The fourth-order valence-electron chi connectivity index (χ4n) is 1.97. The van der Waals surface area contributed by atoms with Crippen molar-refractivity contribution in [1.29, 1.82) is 0 Å². The second kappa shape index (κ2) is 7.49. The molecule has 0 fully saturated rings. The minimum absolute atomic E-state index is 0.478. The van der Waals surface area contributed by atoms with Crippen molar-refractivity contribution in [3.63, 3.8) is 0 Å². The van der Waals surface area contributed by atoms with Gasteiger partial charge in [0, 0.05) is 12.8 Å². The summed E-state index contributed by atoms with van der Waals surface area (Å²) in [7, 11) is 0. The predicted octanol–water partition coefficient (Wildman–Crippen LogP) is 2.20. The lowest BCUT2D eigenvalue weighted by atomic mass is 10.1. The van der Waals surface area contributed by atoms with Crippen molar-refractivity contribution in [2.75, 3.05) is 0 Å². The van der Waals surface area contributed by atoms with Crippen LogP contribution in [0.1, 0.15) is 11.1 Å². The van der Waals surface area contributed by atoms with Gasteiger partial charge in [-0.1, -0.05) is 72.5 Å². The molecule has 2 rings (SSSR count). The number of hydrogen-bond donors (Lipinski definition) is 2. The van der Waals surface area contributed by atoms with Gasteiger partial charge in [0.1, 0.15) is 12.2 Å². The predicted molar refractivity (Wildman–Crippen MR) is 80.1 cm³/mol. The van der Waals surface area contributed by atoms with Crippen molar-refractivity contribution < 1.29 is 10.2 Å². The van der Waals surface area contributed by atoms with E-state index in [1.807, 2.05) is 60.7 Å². The monoisotopic (exact) mass is 266 g/mol. The first-order valence-corrected chi connectivity index (χ1v) is 6.69. The summed E-state index contributed by atoms with van der Waals surface area (Å²) in [5.74, 6) is 5.41. The Labute approximate surface area is 119 Å². The molecule has 0 saturated carbocycles. The van der Waals surface area contributed by atoms with Crippen LogP contribution in [-0.2, 0) is 12.8 Å². The third-order valence-electron chi connectivity index (χ3n) is 2.96. The van der Waals surface area contributed by atoms with Gasteiger partial charge in [-0.2, -0.15) is 0 Å². The van der Waals surface area contributed by atoms with Crippen molar-refractivity contribution in [2.45, 2.75) is 25.0 Å². The summed E-state index contributed by atoms with van der Waals surface area (Å²) >= 11 is 0. The minimum Gasteiger partial charge on any atom is -0.380 e. The molecule has 2 aromatic carbocycles. The lowest BCUT2D eigenvalue weighted by Gasteiger charge is -2.05. The van der Waals surface area contributed by atoms with Gasteiger partial charge in [0.05, 0.1) is 0 Å². The van der Waals surface area contributed by atoms with Crippen LogP contribution in [0, 0.1) is 11.8 Å². The van der Waals surface area contributed by atoms with Crippen molar-refractivity contribution in [1.82, 2.24) is 0 Å². The van der Waals surface area contributed by atoms with Crippen LogP contribution in [0.4, 0.5) is 0 Å². The molecule has 0 bridgehead atoms. The van der Waals surface area contributed by atoms with E-state index in [1.54, 1.807) is 0 Å². The van der Waals surface area contributed by atoms with Crippen molar-refractivity contribution in [2.24, 2.45) is 0 Å². The van der Waals surface area contributed by atoms with E-state index in [0.29, 0.717) is 12.8 Å². The average molecular weight is 266 g/mol. The molecular formula is C18H18O2. The molecule has 0 spiro atoms. The maximum absolute atomic E-state index is 9.83. The zero-order valence-electron chi connectivity index (χ0n) is 11.2. The van der Waals surface area contributed by atoms with Gasteiger partial charge in [0.2, 0.25) is 0 Å². The topological polar surface area (TPSA) is 40.5 Å². The summed E-state index contributed by atoms with van der Waals surface area (Å²) in [5.41, 5.74) is 2.07. The second-order valence-corrected chi connectivity index (χ2v) is 4.70. The molecule has 2 nitrogen and oxygen atoms in total. The molecule has 2 atom stereocenters. The zero-order chi connectivity index (χ0) is 14.2. The largest absolute Gasteiger partial charge is 0.380 e. The van der Waals surface area contributed by atoms with E-state index in [0.717, 1.165) is 11.1 Å². The van der Waals surface area contributed by atoms with Crippen LogP contribution in [0.3, 0.4) is 0 Å². The first-order chi connectivity index (χ1) is 9.74. The first-order valence-electron chi connectivity index (χ1n) is 6.69. The Bertz CT molecular complexity index is 515. The maximum Gasteiger partial charge on any atom is 0.118 e. The summed E-state index contributed by atoms with van der Waals surface area (Å²) in [6.45, 7) is 0. The fourth-order valence-corrected chi connectivity index (χ4v) is 1.97. The Kier molecular flexibility index (Phi) is 5.37. The number of aliphatic hydroxyl groups is 2. The van der Waals surface area contributed by atoms with E-state index in [1.165, 1.54) is 0 Å². The summed E-state index contributed by atoms with van der Waals surface area (Å²) in [6, 6.07) is 19.4. The highest BCUT2D eigenvalue weighted by molar-refractivity contribution is 5.21. The molecule has 0 amide bonds. The highest BCUT2D eigenvalue weighted by atomic mass is 16.3. The molecule has 0 heterocycles. The van der Waals surface area contributed by atoms with E-state index in [2.05, 4.69) is 11.8 Å². The molecule has 0 aromatic heterocycles. The second-order valence-electron chi connectivity index (χ2n) is 4.70. The highest BCUT2D eigenvalue weighted by Gasteiger charge is 2.03. The summed E-state index contributed by atoms with van der Waals surface area (Å²) < 4.78 is 0. The van der Waals surface area contributed by atoms with Gasteiger partial charge in [-0.05, 0) is 11.1 Å². The van der Waals surface area contributed by atoms with Crippen molar-refractivity contribution >= 4 is 0 Å². The van der Waals surface area contributed by atoms with E-state index in [4.69, 9.17) is 0 Å². The van der Waals surface area contributed by atoms with Crippen LogP contribution in [-0.4, -0.2) is 22.4 Å². The molecule has 0 aliphatic rings. The molecule has 102 valence electrons. The third kappa shape index (κ3) is 4.89. The van der Waals surface area contributed by atoms with Crippen LogP contribution >= 0.6 is 0 Å². The van der Waals surface area contributed by atoms with Crippen LogP contribution in [0.5, 0.6) is 0 Å². The molecule has 0 aliphatic heterocycles. The van der Waals surface area contributed by atoms with Crippen molar-refractivity contribution in [3.8, 4) is 11.8 Å². The molecule has 0 aliphatic carbocycles. The molecule has 0 unspecified atom stereocenters. The Balaban J connectivity index is 1.86. The molecular weight excluding hydrogens is 248 g/mol. The van der Waals surface area contributed by atoms with Gasteiger partial charge < -0.3 is 10.2 Å². The maximum atomic E-state index is 9.83. The Morgan fingerprint density at radius 1 is 0.650 bits per heavy atom. The number of aliphatic hydroxyl groups excluding tert-OH is 2. The van der Waals surface area contributed by atoms with Crippen molar-refractivity contribution in [3.05, 3.63) is 71.8 Å². The number of hydrogen-bond acceptors (Lipinski definition) is 2. The van der Waals surface area contributed by atoms with E-state index >= 15 is 0 Å². The van der Waals surface area contributed by atoms with Gasteiger partial charge in [0.25, 0.3) is 0 Å². The number of rotatable bonds is 4. The van der Waals surface area contributed by atoms with Crippen LogP contribution in [0.2, 0.25) is 0 Å². The molecule has 0 saturated heterocycles. The van der Waals surface area contributed by atoms with Gasteiger partial charge in [-0.15, -0.1) is 0 Å². The smallest absolute Gasteiger partial charge is 0.118 e. The lowest BCUT2D eigenvalue weighted by Crippen LogP contribution is -2.11. The summed E-state index contributed by atoms with van der Waals surface area (Å²) in [4.78, 5) is 0. The minimum atomic E-state index is -0.747. The van der Waals surface area contributed by atoms with E-state index < -0.39 is 12.2 Å². The molecule has 2 N–H and O–H groups in total. The van der Waals surface area contributed by atoms with Gasteiger partial charge in [-0.3, -0.25) is 0 Å². The summed E-state index contributed by atoms with van der Waals surface area (Å²) in [6.07, 6.45) is -0.539. The quantitative estimate of drug-likeness (QED) is 0.833. The molecule has 2 aromatic rings. The van der Waals surface area contributed by atoms with Crippen LogP contribution < -0.4 is 0 Å².